The number of likely N-dealkylation sites (N-methyl/N-ethyl adjacent to an activating group) is 1. The normalized spacial score (nSPS) is 13.9. The van der Waals surface area contributed by atoms with Gasteiger partial charge in [-0.2, -0.15) is 0 Å². The second-order valence-corrected chi connectivity index (χ2v) is 8.47. The number of carbonyl (C=O) groups is 2. The summed E-state index contributed by atoms with van der Waals surface area (Å²) in [6.45, 7) is 3.60. The summed E-state index contributed by atoms with van der Waals surface area (Å²) < 4.78 is 22.1. The number of quaternary nitrogens is 1. The Morgan fingerprint density at radius 1 is 0.962 bits per heavy atom. The quantitative estimate of drug-likeness (QED) is 0.216. The van der Waals surface area contributed by atoms with E-state index >= 15 is 0 Å². The van der Waals surface area contributed by atoms with Gasteiger partial charge in [0.2, 0.25) is 11.8 Å². The minimum Gasteiger partial charge on any atom is -0.356 e. The molecule has 0 fully saturated rings. The molecule has 0 radical (unpaired) electrons. The van der Waals surface area contributed by atoms with Crippen LogP contribution >= 0.6 is 7.82 Å². The van der Waals surface area contributed by atoms with Crippen LogP contribution in [0.3, 0.4) is 0 Å². The predicted molar refractivity (Wildman–Crippen MR) is 99.4 cm³/mol. The number of rotatable bonds is 15. The molecule has 0 saturated heterocycles. The van der Waals surface area contributed by atoms with Crippen molar-refractivity contribution in [1.82, 2.24) is 10.6 Å². The Bertz CT molecular complexity index is 467. The van der Waals surface area contributed by atoms with Gasteiger partial charge in [-0.05, 0) is 19.8 Å². The first-order chi connectivity index (χ1) is 12.1. The molecule has 1 unspecified atom stereocenters. The summed E-state index contributed by atoms with van der Waals surface area (Å²) >= 11 is 0. The Morgan fingerprint density at radius 2 is 1.58 bits per heavy atom. The fraction of sp³-hybridized carbons (Fsp3) is 0.875. The van der Waals surface area contributed by atoms with Crippen LogP contribution in [0.2, 0.25) is 0 Å². The van der Waals surface area contributed by atoms with Crippen molar-refractivity contribution in [3.8, 4) is 0 Å². The third-order valence-corrected chi connectivity index (χ3v) is 4.39. The highest BCUT2D eigenvalue weighted by molar-refractivity contribution is 7.47. The van der Waals surface area contributed by atoms with E-state index < -0.39 is 7.82 Å². The van der Waals surface area contributed by atoms with Gasteiger partial charge in [0.25, 0.3) is 0 Å². The molecule has 9 nitrogen and oxygen atoms in total. The van der Waals surface area contributed by atoms with E-state index in [9.17, 15) is 19.0 Å². The predicted octanol–water partition coefficient (Wildman–Crippen LogP) is 1.03. The molecular formula is C16H35N3O6P+. The lowest BCUT2D eigenvalue weighted by atomic mass is 10.2. The first kappa shape index (κ1) is 25.0. The van der Waals surface area contributed by atoms with Crippen LogP contribution in [0.15, 0.2) is 0 Å². The van der Waals surface area contributed by atoms with Gasteiger partial charge in [-0.15, -0.1) is 0 Å². The topological polar surface area (TPSA) is 114 Å². The number of unbranched alkanes of at least 4 members (excludes halogenated alkanes) is 2. The Kier molecular flexibility index (Phi) is 12.7. The van der Waals surface area contributed by atoms with Crippen molar-refractivity contribution in [1.29, 1.82) is 0 Å². The molecule has 10 heteroatoms. The SMILES string of the molecule is CCNC(=O)CCNC(=O)CCCCCOP(=O)(O)OCC[N+](C)(C)C. The van der Waals surface area contributed by atoms with Gasteiger partial charge in [0, 0.05) is 25.9 Å². The second-order valence-electron chi connectivity index (χ2n) is 7.01. The van der Waals surface area contributed by atoms with Crippen LogP contribution in [0.4, 0.5) is 0 Å². The Labute approximate surface area is 156 Å². The van der Waals surface area contributed by atoms with Crippen LogP contribution in [0, 0.1) is 0 Å². The van der Waals surface area contributed by atoms with Gasteiger partial charge in [0.1, 0.15) is 13.2 Å². The van der Waals surface area contributed by atoms with Crippen LogP contribution in [0.1, 0.15) is 39.0 Å². The lowest BCUT2D eigenvalue weighted by Crippen LogP contribution is -2.37. The van der Waals surface area contributed by atoms with Gasteiger partial charge in [0.15, 0.2) is 0 Å². The van der Waals surface area contributed by atoms with Crippen molar-refractivity contribution in [2.24, 2.45) is 0 Å². The van der Waals surface area contributed by atoms with Crippen molar-refractivity contribution in [2.75, 3.05) is 54.0 Å². The smallest absolute Gasteiger partial charge is 0.356 e. The Balaban J connectivity index is 3.63. The molecule has 3 N–H and O–H groups in total. The van der Waals surface area contributed by atoms with Crippen molar-refractivity contribution >= 4 is 19.6 Å². The van der Waals surface area contributed by atoms with Gasteiger partial charge >= 0.3 is 7.82 Å². The molecule has 0 aliphatic carbocycles. The summed E-state index contributed by atoms with van der Waals surface area (Å²) in [5.41, 5.74) is 0. The number of phosphoric ester groups is 1. The number of amides is 2. The second kappa shape index (κ2) is 13.2. The maximum atomic E-state index is 11.7. The number of hydrogen-bond donors (Lipinski definition) is 3. The zero-order chi connectivity index (χ0) is 20.1. The number of nitrogens with zero attached hydrogens (tertiary/aromatic N) is 1. The van der Waals surface area contributed by atoms with E-state index in [0.29, 0.717) is 49.8 Å². The standard InChI is InChI=1S/C16H34N3O6P/c1-5-17-16(21)10-11-18-15(20)9-7-6-8-13-24-26(22,23)25-14-12-19(2,3)4/h5-14H2,1-4H3,(H2-,17,18,20,21,22,23)/p+1. The lowest BCUT2D eigenvalue weighted by molar-refractivity contribution is -0.870. The zero-order valence-corrected chi connectivity index (χ0v) is 17.3. The first-order valence-electron chi connectivity index (χ1n) is 9.01. The Morgan fingerprint density at radius 3 is 2.19 bits per heavy atom. The van der Waals surface area contributed by atoms with Crippen molar-refractivity contribution in [2.45, 2.75) is 39.0 Å². The molecule has 0 bridgehead atoms. The fourth-order valence-corrected chi connectivity index (χ4v) is 2.65. The average Bonchev–Trinajstić information content (AvgIpc) is 2.49. The highest BCUT2D eigenvalue weighted by atomic mass is 31.2. The molecule has 0 rings (SSSR count). The molecular weight excluding hydrogens is 361 g/mol. The van der Waals surface area contributed by atoms with E-state index in [1.807, 2.05) is 28.1 Å². The number of carbonyl (C=O) groups excluding carboxylic acids is 2. The highest BCUT2D eigenvalue weighted by Crippen LogP contribution is 2.43. The molecule has 0 saturated carbocycles. The minimum absolute atomic E-state index is 0.0814. The van der Waals surface area contributed by atoms with Crippen LogP contribution in [0.25, 0.3) is 0 Å². The summed E-state index contributed by atoms with van der Waals surface area (Å²) in [4.78, 5) is 32.4. The maximum absolute atomic E-state index is 11.7. The third kappa shape index (κ3) is 16.5. The van der Waals surface area contributed by atoms with E-state index in [1.54, 1.807) is 0 Å². The summed E-state index contributed by atoms with van der Waals surface area (Å²) in [5, 5.41) is 5.34. The molecule has 0 aliphatic rings. The van der Waals surface area contributed by atoms with Crippen LogP contribution in [0.5, 0.6) is 0 Å². The summed E-state index contributed by atoms with van der Waals surface area (Å²) in [6, 6.07) is 0. The zero-order valence-electron chi connectivity index (χ0n) is 16.5. The molecule has 0 aromatic heterocycles. The van der Waals surface area contributed by atoms with Crippen LogP contribution in [-0.4, -0.2) is 75.2 Å². The Hall–Kier alpha value is -0.990. The number of phosphoric acid groups is 1. The summed E-state index contributed by atoms with van der Waals surface area (Å²) in [6.07, 6.45) is 2.53. The number of nitrogens with one attached hydrogen (secondary N) is 2. The summed E-state index contributed by atoms with van der Waals surface area (Å²) in [5.74, 6) is -0.186. The van der Waals surface area contributed by atoms with Gasteiger partial charge < -0.3 is 20.0 Å². The average molecular weight is 396 g/mol. The van der Waals surface area contributed by atoms with E-state index in [1.165, 1.54) is 0 Å². The monoisotopic (exact) mass is 396 g/mol. The highest BCUT2D eigenvalue weighted by Gasteiger charge is 2.22. The molecule has 0 spiro atoms. The third-order valence-electron chi connectivity index (χ3n) is 3.37. The van der Waals surface area contributed by atoms with Gasteiger partial charge in [-0.25, -0.2) is 4.57 Å². The van der Waals surface area contributed by atoms with E-state index in [0.717, 1.165) is 0 Å². The number of hydrogen-bond acceptors (Lipinski definition) is 5. The minimum atomic E-state index is -4.00. The maximum Gasteiger partial charge on any atom is 0.472 e. The van der Waals surface area contributed by atoms with E-state index in [2.05, 4.69) is 10.6 Å². The van der Waals surface area contributed by atoms with Crippen molar-refractivity contribution in [3.05, 3.63) is 0 Å². The molecule has 0 heterocycles. The van der Waals surface area contributed by atoms with Gasteiger partial charge in [0.05, 0.1) is 27.7 Å². The largest absolute Gasteiger partial charge is 0.472 e. The molecule has 26 heavy (non-hydrogen) atoms. The fourth-order valence-electron chi connectivity index (χ4n) is 1.90. The van der Waals surface area contributed by atoms with Crippen molar-refractivity contribution in [3.63, 3.8) is 0 Å². The van der Waals surface area contributed by atoms with Gasteiger partial charge in [-0.3, -0.25) is 18.6 Å². The van der Waals surface area contributed by atoms with Crippen LogP contribution in [-0.2, 0) is 23.2 Å². The lowest BCUT2D eigenvalue weighted by Gasteiger charge is -2.24. The molecule has 154 valence electrons. The molecule has 1 atom stereocenters. The molecule has 0 aliphatic heterocycles. The van der Waals surface area contributed by atoms with Crippen LogP contribution < -0.4 is 10.6 Å². The van der Waals surface area contributed by atoms with E-state index in [4.69, 9.17) is 9.05 Å². The molecule has 0 aromatic rings. The summed E-state index contributed by atoms with van der Waals surface area (Å²) in [7, 11) is 1.88. The molecule has 2 amide bonds. The first-order valence-corrected chi connectivity index (χ1v) is 10.5. The molecule has 0 aromatic carbocycles. The van der Waals surface area contributed by atoms with Crippen molar-refractivity contribution < 1.29 is 32.6 Å². The van der Waals surface area contributed by atoms with E-state index in [-0.39, 0.29) is 31.4 Å². The van der Waals surface area contributed by atoms with Gasteiger partial charge in [-0.1, -0.05) is 6.42 Å².